The van der Waals surface area contributed by atoms with Crippen molar-refractivity contribution >= 4 is 49.2 Å². The highest BCUT2D eigenvalue weighted by atomic mass is 32.2. The molecule has 8 heteroatoms. The van der Waals surface area contributed by atoms with Gasteiger partial charge in [0, 0.05) is 34.2 Å². The molecular weight excluding hydrogens is 476 g/mol. The lowest BCUT2D eigenvalue weighted by Crippen LogP contribution is -2.29. The Kier molecular flexibility index (Phi) is 6.12. The summed E-state index contributed by atoms with van der Waals surface area (Å²) in [7, 11) is -2.02. The molecule has 1 N–H and O–H groups in total. The molecule has 182 valence electrons. The number of carbonyl (C=O) groups is 1. The van der Waals surface area contributed by atoms with Crippen LogP contribution in [0.25, 0.3) is 21.9 Å². The molecule has 1 heterocycles. The molecule has 0 unspecified atom stereocenters. The Bertz CT molecular complexity index is 1670. The standard InChI is InChI=1S/C28H24N2O5S/c1-34-23-7-5-6-22(17-23)30(36(2,32)33)18-19-10-12-20(13-11-19)28(31)29-21-14-15-25-24-8-3-4-9-26(24)35-27(25)16-21/h3-17H,18H2,1-2H3,(H,29,31). The number of carbonyl (C=O) groups excluding carboxylic acids is 1. The smallest absolute Gasteiger partial charge is 0.255 e. The molecule has 0 bridgehead atoms. The van der Waals surface area contributed by atoms with Gasteiger partial charge in [-0.3, -0.25) is 9.10 Å². The highest BCUT2D eigenvalue weighted by Crippen LogP contribution is 2.30. The largest absolute Gasteiger partial charge is 0.497 e. The zero-order chi connectivity index (χ0) is 25.3. The van der Waals surface area contributed by atoms with Crippen LogP contribution in [0.3, 0.4) is 0 Å². The van der Waals surface area contributed by atoms with Crippen LogP contribution in [0.1, 0.15) is 15.9 Å². The van der Waals surface area contributed by atoms with E-state index in [-0.39, 0.29) is 12.5 Å². The monoisotopic (exact) mass is 500 g/mol. The third-order valence-corrected chi connectivity index (χ3v) is 7.06. The van der Waals surface area contributed by atoms with Crippen LogP contribution in [0, 0.1) is 0 Å². The average Bonchev–Trinajstić information content (AvgIpc) is 3.24. The first-order chi connectivity index (χ1) is 17.3. The zero-order valence-electron chi connectivity index (χ0n) is 19.8. The number of nitrogens with one attached hydrogen (secondary N) is 1. The second-order valence-electron chi connectivity index (χ2n) is 8.43. The van der Waals surface area contributed by atoms with Gasteiger partial charge in [0.05, 0.1) is 25.6 Å². The van der Waals surface area contributed by atoms with Crippen LogP contribution < -0.4 is 14.4 Å². The maximum Gasteiger partial charge on any atom is 0.255 e. The first kappa shape index (κ1) is 23.4. The first-order valence-electron chi connectivity index (χ1n) is 11.3. The number of nitrogens with zero attached hydrogens (tertiary/aromatic N) is 1. The van der Waals surface area contributed by atoms with Crippen molar-refractivity contribution in [1.82, 2.24) is 0 Å². The van der Waals surface area contributed by atoms with E-state index < -0.39 is 10.0 Å². The molecule has 5 aromatic rings. The number of fused-ring (bicyclic) bond motifs is 3. The fourth-order valence-electron chi connectivity index (χ4n) is 4.10. The second-order valence-corrected chi connectivity index (χ2v) is 10.3. The van der Waals surface area contributed by atoms with E-state index in [1.54, 1.807) is 54.6 Å². The number of hydrogen-bond donors (Lipinski definition) is 1. The number of sulfonamides is 1. The van der Waals surface area contributed by atoms with Crippen molar-refractivity contribution in [3.8, 4) is 5.75 Å². The molecule has 36 heavy (non-hydrogen) atoms. The topological polar surface area (TPSA) is 88.8 Å². The molecule has 1 aromatic heterocycles. The molecule has 0 atom stereocenters. The SMILES string of the molecule is COc1cccc(N(Cc2ccc(C(=O)Nc3ccc4c(c3)oc3ccccc34)cc2)S(C)(=O)=O)c1. The van der Waals surface area contributed by atoms with Crippen LogP contribution in [0.4, 0.5) is 11.4 Å². The minimum atomic E-state index is -3.55. The fourth-order valence-corrected chi connectivity index (χ4v) is 4.98. The summed E-state index contributed by atoms with van der Waals surface area (Å²) >= 11 is 0. The number of ether oxygens (including phenoxy) is 1. The molecule has 7 nitrogen and oxygen atoms in total. The molecule has 0 fully saturated rings. The molecule has 4 aromatic carbocycles. The predicted molar refractivity (Wildman–Crippen MR) is 142 cm³/mol. The minimum absolute atomic E-state index is 0.122. The van der Waals surface area contributed by atoms with Gasteiger partial charge in [0.1, 0.15) is 16.9 Å². The van der Waals surface area contributed by atoms with E-state index in [0.29, 0.717) is 28.3 Å². The molecule has 0 aliphatic heterocycles. The highest BCUT2D eigenvalue weighted by Gasteiger charge is 2.19. The molecule has 0 saturated heterocycles. The summed E-state index contributed by atoms with van der Waals surface area (Å²) in [4.78, 5) is 12.8. The van der Waals surface area contributed by atoms with E-state index in [4.69, 9.17) is 9.15 Å². The van der Waals surface area contributed by atoms with Crippen LogP contribution in [-0.2, 0) is 16.6 Å². The van der Waals surface area contributed by atoms with E-state index in [9.17, 15) is 13.2 Å². The predicted octanol–water partition coefficient (Wildman–Crippen LogP) is 5.81. The van der Waals surface area contributed by atoms with Crippen LogP contribution in [-0.4, -0.2) is 27.7 Å². The summed E-state index contributed by atoms with van der Waals surface area (Å²) in [5.74, 6) is 0.291. The molecular formula is C28H24N2O5S. The van der Waals surface area contributed by atoms with Gasteiger partial charge in [0.15, 0.2) is 0 Å². The maximum atomic E-state index is 12.8. The highest BCUT2D eigenvalue weighted by molar-refractivity contribution is 7.92. The van der Waals surface area contributed by atoms with Crippen molar-refractivity contribution < 1.29 is 22.4 Å². The van der Waals surface area contributed by atoms with Crippen molar-refractivity contribution in [3.63, 3.8) is 0 Å². The van der Waals surface area contributed by atoms with Crippen LogP contribution in [0.5, 0.6) is 5.75 Å². The third kappa shape index (κ3) is 4.76. The average molecular weight is 501 g/mol. The molecule has 0 saturated carbocycles. The Labute approximate surface area is 209 Å². The molecule has 0 radical (unpaired) electrons. The molecule has 5 rings (SSSR count). The summed E-state index contributed by atoms with van der Waals surface area (Å²) in [6, 6.07) is 27.1. The van der Waals surface area contributed by atoms with Crippen molar-refractivity contribution in [2.45, 2.75) is 6.54 Å². The van der Waals surface area contributed by atoms with Crippen molar-refractivity contribution in [1.29, 1.82) is 0 Å². The summed E-state index contributed by atoms with van der Waals surface area (Å²) in [5.41, 5.74) is 3.81. The molecule has 1 amide bonds. The first-order valence-corrected chi connectivity index (χ1v) is 13.1. The minimum Gasteiger partial charge on any atom is -0.497 e. The van der Waals surface area contributed by atoms with E-state index in [1.165, 1.54) is 11.4 Å². The van der Waals surface area contributed by atoms with E-state index in [0.717, 1.165) is 28.2 Å². The van der Waals surface area contributed by atoms with Gasteiger partial charge in [-0.25, -0.2) is 8.42 Å². The van der Waals surface area contributed by atoms with Gasteiger partial charge >= 0.3 is 0 Å². The van der Waals surface area contributed by atoms with Gasteiger partial charge in [-0.15, -0.1) is 0 Å². The van der Waals surface area contributed by atoms with E-state index in [1.807, 2.05) is 36.4 Å². The third-order valence-electron chi connectivity index (χ3n) is 5.92. The Morgan fingerprint density at radius 2 is 1.64 bits per heavy atom. The van der Waals surface area contributed by atoms with E-state index in [2.05, 4.69) is 5.32 Å². The lowest BCUT2D eigenvalue weighted by molar-refractivity contribution is 0.102. The lowest BCUT2D eigenvalue weighted by atomic mass is 10.1. The second kappa shape index (κ2) is 9.39. The van der Waals surface area contributed by atoms with Gasteiger partial charge in [-0.05, 0) is 48.0 Å². The normalized spacial score (nSPS) is 11.5. The van der Waals surface area contributed by atoms with Crippen molar-refractivity contribution in [2.75, 3.05) is 23.0 Å². The Hall–Kier alpha value is -4.30. The Morgan fingerprint density at radius 1 is 0.889 bits per heavy atom. The Morgan fingerprint density at radius 3 is 2.39 bits per heavy atom. The number of rotatable bonds is 7. The van der Waals surface area contributed by atoms with Crippen LogP contribution in [0.2, 0.25) is 0 Å². The summed E-state index contributed by atoms with van der Waals surface area (Å²) in [5, 5.41) is 4.91. The Balaban J connectivity index is 1.33. The molecule has 0 aliphatic carbocycles. The van der Waals surface area contributed by atoms with Gasteiger partial charge in [0.2, 0.25) is 10.0 Å². The van der Waals surface area contributed by atoms with Crippen molar-refractivity contribution in [2.24, 2.45) is 0 Å². The lowest BCUT2D eigenvalue weighted by Gasteiger charge is -2.23. The number of para-hydroxylation sites is 1. The van der Waals surface area contributed by atoms with Crippen LogP contribution >= 0.6 is 0 Å². The van der Waals surface area contributed by atoms with Gasteiger partial charge < -0.3 is 14.5 Å². The number of benzene rings is 4. The number of anilines is 2. The number of amides is 1. The van der Waals surface area contributed by atoms with Crippen molar-refractivity contribution in [3.05, 3.63) is 102 Å². The summed E-state index contributed by atoms with van der Waals surface area (Å²) < 4.78 is 37.4. The maximum absolute atomic E-state index is 12.8. The molecule has 0 spiro atoms. The fraction of sp³-hybridized carbons (Fsp3) is 0.107. The number of hydrogen-bond acceptors (Lipinski definition) is 5. The van der Waals surface area contributed by atoms with E-state index >= 15 is 0 Å². The van der Waals surface area contributed by atoms with Crippen LogP contribution in [0.15, 0.2) is 95.4 Å². The quantitative estimate of drug-likeness (QED) is 0.305. The summed E-state index contributed by atoms with van der Waals surface area (Å²) in [6.07, 6.45) is 1.16. The number of methoxy groups -OCH3 is 1. The van der Waals surface area contributed by atoms with Gasteiger partial charge in [-0.2, -0.15) is 0 Å². The summed E-state index contributed by atoms with van der Waals surface area (Å²) in [6.45, 7) is 0.122. The van der Waals surface area contributed by atoms with Gasteiger partial charge in [0.25, 0.3) is 5.91 Å². The number of furan rings is 1. The van der Waals surface area contributed by atoms with Gasteiger partial charge in [-0.1, -0.05) is 36.4 Å². The molecule has 0 aliphatic rings. The zero-order valence-corrected chi connectivity index (χ0v) is 20.6.